The molecular weight excluding hydrogens is 308 g/mol. The Kier molecular flexibility index (Phi) is 4.91. The molecule has 2 aromatic rings. The number of pyridine rings is 1. The van der Waals surface area contributed by atoms with Crippen molar-refractivity contribution in [2.24, 2.45) is 0 Å². The van der Waals surface area contributed by atoms with E-state index < -0.39 is 5.54 Å². The number of benzene rings is 1. The zero-order valence-corrected chi connectivity index (χ0v) is 16.8. The quantitative estimate of drug-likeness (QED) is 0.796. The molecule has 1 aromatic heterocycles. The van der Waals surface area contributed by atoms with E-state index in [1.807, 2.05) is 38.1 Å². The zero-order chi connectivity index (χ0) is 19.0. The van der Waals surface area contributed by atoms with Crippen LogP contribution in [0, 0.1) is 0 Å². The number of rotatable bonds is 3. The van der Waals surface area contributed by atoms with Crippen LogP contribution >= 0.6 is 0 Å². The minimum atomic E-state index is -0.523. The molecule has 0 aliphatic rings. The van der Waals surface area contributed by atoms with Gasteiger partial charge in [-0.15, -0.1) is 0 Å². The number of hydrogen-bond acceptors (Lipinski definition) is 2. The SMILES string of the molecule is CC(C)(C)c1cc([N]C(C)(C)c2ccccn2)c(O)c(C(C)(C)C)c1. The molecular formula is C22H31N2O. The Balaban J connectivity index is 2.57. The van der Waals surface area contributed by atoms with Crippen molar-refractivity contribution in [3.8, 4) is 5.75 Å². The van der Waals surface area contributed by atoms with E-state index in [4.69, 9.17) is 5.32 Å². The number of phenols is 1. The van der Waals surface area contributed by atoms with Gasteiger partial charge in [0.1, 0.15) is 11.4 Å². The van der Waals surface area contributed by atoms with Gasteiger partial charge in [0.25, 0.3) is 0 Å². The van der Waals surface area contributed by atoms with Crippen LogP contribution in [0.2, 0.25) is 0 Å². The third-order valence-electron chi connectivity index (χ3n) is 4.46. The molecule has 0 atom stereocenters. The molecule has 1 N–H and O–H groups in total. The maximum Gasteiger partial charge on any atom is 0.144 e. The molecule has 135 valence electrons. The van der Waals surface area contributed by atoms with Crippen molar-refractivity contribution in [1.82, 2.24) is 10.3 Å². The minimum absolute atomic E-state index is 0.0207. The number of hydrogen-bond donors (Lipinski definition) is 1. The lowest BCUT2D eigenvalue weighted by Crippen LogP contribution is -2.29. The van der Waals surface area contributed by atoms with Gasteiger partial charge in [-0.2, -0.15) is 0 Å². The van der Waals surface area contributed by atoms with Crippen LogP contribution in [0.25, 0.3) is 0 Å². The molecule has 1 heterocycles. The van der Waals surface area contributed by atoms with Crippen LogP contribution < -0.4 is 5.32 Å². The first kappa shape index (κ1) is 19.3. The first-order valence-corrected chi connectivity index (χ1v) is 8.85. The summed E-state index contributed by atoms with van der Waals surface area (Å²) in [5.41, 5.74) is 2.91. The number of aromatic hydroxyl groups is 1. The van der Waals surface area contributed by atoms with Gasteiger partial charge in [0.15, 0.2) is 0 Å². The maximum atomic E-state index is 10.9. The second-order valence-electron chi connectivity index (χ2n) is 9.28. The fraction of sp³-hybridized carbons (Fsp3) is 0.500. The molecule has 0 saturated carbocycles. The van der Waals surface area contributed by atoms with E-state index in [2.05, 4.69) is 52.6 Å². The van der Waals surface area contributed by atoms with Gasteiger partial charge in [0, 0.05) is 11.8 Å². The number of phenolic OH excluding ortho intramolecular Hbond substituents is 1. The largest absolute Gasteiger partial charge is 0.505 e. The van der Waals surface area contributed by atoms with Crippen LogP contribution in [0.1, 0.15) is 72.2 Å². The summed E-state index contributed by atoms with van der Waals surface area (Å²) in [4.78, 5) is 4.44. The average molecular weight is 340 g/mol. The molecule has 0 bridgehead atoms. The Bertz CT molecular complexity index is 735. The van der Waals surface area contributed by atoms with Crippen molar-refractivity contribution >= 4 is 5.69 Å². The van der Waals surface area contributed by atoms with E-state index in [1.165, 1.54) is 5.56 Å². The molecule has 0 unspecified atom stereocenters. The smallest absolute Gasteiger partial charge is 0.144 e. The van der Waals surface area contributed by atoms with Crippen molar-refractivity contribution in [2.45, 2.75) is 71.8 Å². The second kappa shape index (κ2) is 6.36. The summed E-state index contributed by atoms with van der Waals surface area (Å²) in [5.74, 6) is 0.268. The highest BCUT2D eigenvalue weighted by Gasteiger charge is 2.29. The molecule has 1 aromatic carbocycles. The summed E-state index contributed by atoms with van der Waals surface area (Å²) >= 11 is 0. The van der Waals surface area contributed by atoms with Crippen molar-refractivity contribution in [2.75, 3.05) is 0 Å². The monoisotopic (exact) mass is 339 g/mol. The van der Waals surface area contributed by atoms with Crippen molar-refractivity contribution in [3.63, 3.8) is 0 Å². The Hall–Kier alpha value is -2.03. The average Bonchev–Trinajstić information content (AvgIpc) is 2.47. The maximum absolute atomic E-state index is 10.9. The molecule has 2 rings (SSSR count). The van der Waals surface area contributed by atoms with E-state index in [0.717, 1.165) is 11.3 Å². The lowest BCUT2D eigenvalue weighted by atomic mass is 9.79. The van der Waals surface area contributed by atoms with E-state index in [0.29, 0.717) is 5.69 Å². The van der Waals surface area contributed by atoms with Crippen LogP contribution in [-0.4, -0.2) is 10.1 Å². The standard InChI is InChI=1S/C22H31N2O/c1-20(2,3)15-13-16(21(4,5)6)19(25)17(14-15)24-22(7,8)18-11-9-10-12-23-18/h9-14,25H,1-8H3. The Morgan fingerprint density at radius 1 is 0.880 bits per heavy atom. The van der Waals surface area contributed by atoms with Gasteiger partial charge in [-0.3, -0.25) is 10.3 Å². The van der Waals surface area contributed by atoms with Crippen LogP contribution in [0.3, 0.4) is 0 Å². The Morgan fingerprint density at radius 2 is 1.52 bits per heavy atom. The fourth-order valence-corrected chi connectivity index (χ4v) is 2.79. The van der Waals surface area contributed by atoms with Crippen LogP contribution in [0.15, 0.2) is 36.5 Å². The molecule has 0 fully saturated rings. The summed E-state index contributed by atoms with van der Waals surface area (Å²) in [6, 6.07) is 9.96. The van der Waals surface area contributed by atoms with Crippen LogP contribution in [0.5, 0.6) is 5.75 Å². The van der Waals surface area contributed by atoms with Gasteiger partial charge in [0.05, 0.1) is 11.2 Å². The van der Waals surface area contributed by atoms with Gasteiger partial charge in [-0.05, 0) is 48.4 Å². The van der Waals surface area contributed by atoms with Gasteiger partial charge in [0.2, 0.25) is 0 Å². The van der Waals surface area contributed by atoms with Gasteiger partial charge in [-0.25, -0.2) is 0 Å². The topological polar surface area (TPSA) is 47.2 Å². The summed E-state index contributed by atoms with van der Waals surface area (Å²) < 4.78 is 0. The molecule has 0 aliphatic carbocycles. The lowest BCUT2D eigenvalue weighted by Gasteiger charge is -2.30. The molecule has 0 saturated heterocycles. The van der Waals surface area contributed by atoms with Crippen molar-refractivity contribution in [1.29, 1.82) is 0 Å². The fourth-order valence-electron chi connectivity index (χ4n) is 2.79. The highest BCUT2D eigenvalue weighted by Crippen LogP contribution is 2.42. The summed E-state index contributed by atoms with van der Waals surface area (Å²) in [6.45, 7) is 16.9. The first-order valence-electron chi connectivity index (χ1n) is 8.85. The van der Waals surface area contributed by atoms with Crippen LogP contribution in [-0.2, 0) is 16.4 Å². The summed E-state index contributed by atoms with van der Waals surface area (Å²) in [7, 11) is 0. The normalized spacial score (nSPS) is 13.0. The van der Waals surface area contributed by atoms with Crippen molar-refractivity contribution in [3.05, 3.63) is 53.3 Å². The molecule has 0 spiro atoms. The molecule has 3 nitrogen and oxygen atoms in total. The Labute approximate surface area is 152 Å². The molecule has 25 heavy (non-hydrogen) atoms. The van der Waals surface area contributed by atoms with Gasteiger partial charge in [-0.1, -0.05) is 53.7 Å². The second-order valence-corrected chi connectivity index (χ2v) is 9.28. The molecule has 0 amide bonds. The first-order chi connectivity index (χ1) is 11.3. The highest BCUT2D eigenvalue weighted by molar-refractivity contribution is 5.60. The number of nitrogens with zero attached hydrogens (tertiary/aromatic N) is 2. The number of aromatic nitrogens is 1. The van der Waals surface area contributed by atoms with Crippen molar-refractivity contribution < 1.29 is 5.11 Å². The third kappa shape index (κ3) is 4.33. The zero-order valence-electron chi connectivity index (χ0n) is 16.8. The predicted octanol–water partition coefficient (Wildman–Crippen LogP) is 5.55. The molecule has 1 radical (unpaired) electrons. The predicted molar refractivity (Wildman–Crippen MR) is 105 cm³/mol. The van der Waals surface area contributed by atoms with E-state index >= 15 is 0 Å². The third-order valence-corrected chi connectivity index (χ3v) is 4.46. The Morgan fingerprint density at radius 3 is 2.00 bits per heavy atom. The summed E-state index contributed by atoms with van der Waals surface area (Å²) in [6.07, 6.45) is 1.78. The molecule has 3 heteroatoms. The van der Waals surface area contributed by atoms with E-state index in [1.54, 1.807) is 6.20 Å². The van der Waals surface area contributed by atoms with Crippen LogP contribution in [0.4, 0.5) is 5.69 Å². The lowest BCUT2D eigenvalue weighted by molar-refractivity contribution is 0.411. The summed E-state index contributed by atoms with van der Waals surface area (Å²) in [5, 5.41) is 15.8. The molecule has 0 aliphatic heterocycles. The van der Waals surface area contributed by atoms with Gasteiger partial charge >= 0.3 is 0 Å². The highest BCUT2D eigenvalue weighted by atomic mass is 16.3. The van der Waals surface area contributed by atoms with E-state index in [9.17, 15) is 5.11 Å². The van der Waals surface area contributed by atoms with E-state index in [-0.39, 0.29) is 16.6 Å². The minimum Gasteiger partial charge on any atom is -0.505 e. The van der Waals surface area contributed by atoms with Gasteiger partial charge < -0.3 is 5.11 Å².